The first-order valence-corrected chi connectivity index (χ1v) is 5.51. The van der Waals surface area contributed by atoms with Crippen LogP contribution < -0.4 is 5.32 Å². The fourth-order valence-electron chi connectivity index (χ4n) is 1.34. The maximum Gasteiger partial charge on any atom is 0.249 e. The Bertz CT molecular complexity index is 368. The van der Waals surface area contributed by atoms with Crippen LogP contribution >= 0.6 is 11.6 Å². The molecule has 0 radical (unpaired) electrons. The van der Waals surface area contributed by atoms with Crippen molar-refractivity contribution in [1.29, 1.82) is 0 Å². The summed E-state index contributed by atoms with van der Waals surface area (Å²) in [5.74, 6) is -0.144. The van der Waals surface area contributed by atoms with Gasteiger partial charge in [0.25, 0.3) is 0 Å². The van der Waals surface area contributed by atoms with Crippen LogP contribution in [0.15, 0.2) is 24.3 Å². The van der Waals surface area contributed by atoms with Crippen molar-refractivity contribution in [1.82, 2.24) is 5.32 Å². The van der Waals surface area contributed by atoms with Crippen molar-refractivity contribution in [3.05, 3.63) is 34.9 Å². The summed E-state index contributed by atoms with van der Waals surface area (Å²) in [4.78, 5) is 11.6. The quantitative estimate of drug-likeness (QED) is 0.880. The minimum Gasteiger partial charge on any atom is -0.372 e. The van der Waals surface area contributed by atoms with Crippen LogP contribution in [0, 0.1) is 0 Å². The second-order valence-corrected chi connectivity index (χ2v) is 4.04. The topological polar surface area (TPSA) is 38.3 Å². The number of benzene rings is 1. The number of ether oxygens (including phenoxy) is 1. The zero-order valence-electron chi connectivity index (χ0n) is 9.66. The number of nitrogens with one attached hydrogen (secondary N) is 1. The molecule has 88 valence electrons. The van der Waals surface area contributed by atoms with Gasteiger partial charge in [0.15, 0.2) is 0 Å². The van der Waals surface area contributed by atoms with Gasteiger partial charge in [0.05, 0.1) is 6.04 Å². The predicted molar refractivity (Wildman–Crippen MR) is 64.5 cm³/mol. The summed E-state index contributed by atoms with van der Waals surface area (Å²) in [6.45, 7) is 3.59. The van der Waals surface area contributed by atoms with E-state index in [4.69, 9.17) is 16.3 Å². The molecule has 0 spiro atoms. The highest BCUT2D eigenvalue weighted by Gasteiger charge is 2.16. The first kappa shape index (κ1) is 13.0. The van der Waals surface area contributed by atoms with Crippen molar-refractivity contribution in [2.24, 2.45) is 0 Å². The maximum atomic E-state index is 11.6. The van der Waals surface area contributed by atoms with Crippen LogP contribution in [0.3, 0.4) is 0 Å². The summed E-state index contributed by atoms with van der Waals surface area (Å²) in [5.41, 5.74) is 0.904. The molecule has 0 aromatic heterocycles. The van der Waals surface area contributed by atoms with Gasteiger partial charge in [-0.3, -0.25) is 4.79 Å². The fraction of sp³-hybridized carbons (Fsp3) is 0.417. The van der Waals surface area contributed by atoms with E-state index in [-0.39, 0.29) is 11.9 Å². The third-order valence-electron chi connectivity index (χ3n) is 2.45. The average molecular weight is 242 g/mol. The monoisotopic (exact) mass is 241 g/mol. The van der Waals surface area contributed by atoms with E-state index in [0.717, 1.165) is 5.56 Å². The highest BCUT2D eigenvalue weighted by molar-refractivity contribution is 6.31. The Morgan fingerprint density at radius 1 is 1.38 bits per heavy atom. The van der Waals surface area contributed by atoms with E-state index >= 15 is 0 Å². The van der Waals surface area contributed by atoms with E-state index in [1.54, 1.807) is 13.0 Å². The van der Waals surface area contributed by atoms with Gasteiger partial charge in [-0.15, -0.1) is 0 Å². The van der Waals surface area contributed by atoms with Gasteiger partial charge in [-0.2, -0.15) is 0 Å². The molecular formula is C12H16ClNO2. The van der Waals surface area contributed by atoms with Gasteiger partial charge in [0, 0.05) is 12.1 Å². The molecule has 0 aliphatic carbocycles. The molecule has 4 heteroatoms. The lowest BCUT2D eigenvalue weighted by Gasteiger charge is -2.18. The lowest BCUT2D eigenvalue weighted by atomic mass is 10.1. The fourth-order valence-corrected chi connectivity index (χ4v) is 1.64. The molecule has 0 saturated heterocycles. The number of rotatable bonds is 4. The second kappa shape index (κ2) is 5.87. The van der Waals surface area contributed by atoms with Crippen LogP contribution in [0.4, 0.5) is 0 Å². The van der Waals surface area contributed by atoms with Crippen LogP contribution in [0.5, 0.6) is 0 Å². The Labute approximate surface area is 101 Å². The number of carbonyl (C=O) groups excluding carboxylic acids is 1. The molecule has 1 N–H and O–H groups in total. The molecule has 1 unspecified atom stereocenters. The molecule has 0 saturated carbocycles. The minimum atomic E-state index is -0.454. The molecule has 0 heterocycles. The van der Waals surface area contributed by atoms with Crippen molar-refractivity contribution in [3.8, 4) is 0 Å². The summed E-state index contributed by atoms with van der Waals surface area (Å²) >= 11 is 6.03. The van der Waals surface area contributed by atoms with Crippen LogP contribution in [0.1, 0.15) is 25.5 Å². The third-order valence-corrected chi connectivity index (χ3v) is 2.80. The number of amides is 1. The van der Waals surface area contributed by atoms with Gasteiger partial charge in [0.1, 0.15) is 6.10 Å². The molecule has 3 nitrogen and oxygen atoms in total. The highest BCUT2D eigenvalue weighted by atomic mass is 35.5. The molecule has 1 rings (SSSR count). The number of methoxy groups -OCH3 is 1. The van der Waals surface area contributed by atoms with E-state index in [2.05, 4.69) is 5.32 Å². The zero-order valence-corrected chi connectivity index (χ0v) is 10.4. The number of hydrogen-bond donors (Lipinski definition) is 1. The molecule has 0 bridgehead atoms. The average Bonchev–Trinajstić information content (AvgIpc) is 2.28. The van der Waals surface area contributed by atoms with Crippen molar-refractivity contribution >= 4 is 17.5 Å². The SMILES string of the molecule is COC(C)C(=O)N[C@H](C)c1ccccc1Cl. The Morgan fingerprint density at radius 3 is 2.56 bits per heavy atom. The van der Waals surface area contributed by atoms with Crippen LogP contribution in [0.2, 0.25) is 5.02 Å². The lowest BCUT2D eigenvalue weighted by molar-refractivity contribution is -0.130. The largest absolute Gasteiger partial charge is 0.372 e. The summed E-state index contributed by atoms with van der Waals surface area (Å²) in [6.07, 6.45) is -0.454. The molecular weight excluding hydrogens is 226 g/mol. The predicted octanol–water partition coefficient (Wildman–Crippen LogP) is 2.55. The normalized spacial score (nSPS) is 14.2. The highest BCUT2D eigenvalue weighted by Crippen LogP contribution is 2.22. The molecule has 0 aliphatic rings. The molecule has 1 amide bonds. The third kappa shape index (κ3) is 3.22. The summed E-state index contributed by atoms with van der Waals surface area (Å²) in [7, 11) is 1.50. The number of carbonyl (C=O) groups is 1. The molecule has 2 atom stereocenters. The van der Waals surface area contributed by atoms with E-state index in [1.807, 2.05) is 25.1 Å². The van der Waals surface area contributed by atoms with E-state index < -0.39 is 6.10 Å². The van der Waals surface area contributed by atoms with Crippen LogP contribution in [-0.4, -0.2) is 19.1 Å². The van der Waals surface area contributed by atoms with Gasteiger partial charge >= 0.3 is 0 Å². The Balaban J connectivity index is 2.69. The summed E-state index contributed by atoms with van der Waals surface area (Å²) < 4.78 is 4.93. The van der Waals surface area contributed by atoms with E-state index in [9.17, 15) is 4.79 Å². The molecule has 1 aromatic carbocycles. The van der Waals surface area contributed by atoms with Gasteiger partial charge in [-0.25, -0.2) is 0 Å². The van der Waals surface area contributed by atoms with Gasteiger partial charge in [-0.1, -0.05) is 29.8 Å². The van der Waals surface area contributed by atoms with Gasteiger partial charge in [-0.05, 0) is 25.5 Å². The molecule has 0 aliphatic heterocycles. The maximum absolute atomic E-state index is 11.6. The summed E-state index contributed by atoms with van der Waals surface area (Å²) in [5, 5.41) is 3.49. The van der Waals surface area contributed by atoms with Gasteiger partial charge in [0.2, 0.25) is 5.91 Å². The Morgan fingerprint density at radius 2 is 2.00 bits per heavy atom. The van der Waals surface area contributed by atoms with Gasteiger partial charge < -0.3 is 10.1 Å². The smallest absolute Gasteiger partial charge is 0.249 e. The summed E-state index contributed by atoms with van der Waals surface area (Å²) in [6, 6.07) is 7.32. The van der Waals surface area contributed by atoms with Crippen molar-refractivity contribution in [3.63, 3.8) is 0 Å². The minimum absolute atomic E-state index is 0.126. The lowest BCUT2D eigenvalue weighted by Crippen LogP contribution is -2.35. The first-order chi connectivity index (χ1) is 7.56. The van der Waals surface area contributed by atoms with E-state index in [1.165, 1.54) is 7.11 Å². The molecule has 16 heavy (non-hydrogen) atoms. The zero-order chi connectivity index (χ0) is 12.1. The molecule has 0 fully saturated rings. The molecule has 1 aromatic rings. The van der Waals surface area contributed by atoms with Crippen molar-refractivity contribution in [2.75, 3.05) is 7.11 Å². The Kier molecular flexibility index (Phi) is 4.77. The Hall–Kier alpha value is -1.06. The van der Waals surface area contributed by atoms with Crippen LogP contribution in [-0.2, 0) is 9.53 Å². The van der Waals surface area contributed by atoms with Crippen molar-refractivity contribution in [2.45, 2.75) is 26.0 Å². The number of halogens is 1. The first-order valence-electron chi connectivity index (χ1n) is 5.14. The standard InChI is InChI=1S/C12H16ClNO2/c1-8(14-12(15)9(2)16-3)10-6-4-5-7-11(10)13/h4-9H,1-3H3,(H,14,15)/t8-,9?/m1/s1. The number of hydrogen-bond acceptors (Lipinski definition) is 2. The second-order valence-electron chi connectivity index (χ2n) is 3.63. The van der Waals surface area contributed by atoms with Crippen LogP contribution in [0.25, 0.3) is 0 Å². The van der Waals surface area contributed by atoms with E-state index in [0.29, 0.717) is 5.02 Å². The van der Waals surface area contributed by atoms with Crippen molar-refractivity contribution < 1.29 is 9.53 Å².